The summed E-state index contributed by atoms with van der Waals surface area (Å²) >= 11 is 0. The van der Waals surface area contributed by atoms with Crippen molar-refractivity contribution >= 4 is 5.69 Å². The molecule has 82 valence electrons. The zero-order valence-corrected chi connectivity index (χ0v) is 8.80. The maximum absolute atomic E-state index is 13.5. The Morgan fingerprint density at radius 3 is 2.19 bits per heavy atom. The molecule has 0 heterocycles. The molecule has 0 spiro atoms. The summed E-state index contributed by atoms with van der Waals surface area (Å²) < 4.78 is 27.0. The molecular formula is C13H11F2N. The molecule has 0 aliphatic heterocycles. The Kier molecular flexibility index (Phi) is 2.60. The molecule has 0 atom stereocenters. The van der Waals surface area contributed by atoms with Crippen molar-refractivity contribution in [3.05, 3.63) is 53.6 Å². The molecule has 0 radical (unpaired) electrons. The maximum atomic E-state index is 13.5. The van der Waals surface area contributed by atoms with Gasteiger partial charge in [0, 0.05) is 11.3 Å². The van der Waals surface area contributed by atoms with Gasteiger partial charge in [0.15, 0.2) is 0 Å². The first-order chi connectivity index (χ1) is 7.59. The van der Waals surface area contributed by atoms with Crippen molar-refractivity contribution in [2.75, 3.05) is 5.73 Å². The predicted octanol–water partition coefficient (Wildman–Crippen LogP) is 3.52. The molecule has 0 saturated heterocycles. The van der Waals surface area contributed by atoms with Crippen LogP contribution in [0.15, 0.2) is 36.4 Å². The summed E-state index contributed by atoms with van der Waals surface area (Å²) in [6, 6.07) is 8.87. The quantitative estimate of drug-likeness (QED) is 0.729. The lowest BCUT2D eigenvalue weighted by molar-refractivity contribution is 0.590. The van der Waals surface area contributed by atoms with Gasteiger partial charge in [-0.25, -0.2) is 8.78 Å². The normalized spacial score (nSPS) is 10.4. The highest BCUT2D eigenvalue weighted by Gasteiger charge is 2.13. The molecule has 2 aromatic rings. The SMILES string of the molecule is Cc1ccc(-c2c(F)cccc2F)c(N)c1. The maximum Gasteiger partial charge on any atom is 0.134 e. The van der Waals surface area contributed by atoms with Crippen LogP contribution in [0.1, 0.15) is 5.56 Å². The number of nitrogens with two attached hydrogens (primary N) is 1. The van der Waals surface area contributed by atoms with E-state index in [4.69, 9.17) is 5.73 Å². The molecule has 0 unspecified atom stereocenters. The Balaban J connectivity index is 2.68. The van der Waals surface area contributed by atoms with Gasteiger partial charge in [0.1, 0.15) is 11.6 Å². The summed E-state index contributed by atoms with van der Waals surface area (Å²) in [6.45, 7) is 1.87. The third-order valence-electron chi connectivity index (χ3n) is 2.44. The number of benzene rings is 2. The molecule has 0 aliphatic carbocycles. The van der Waals surface area contributed by atoms with Crippen LogP contribution in [-0.2, 0) is 0 Å². The molecule has 1 nitrogen and oxygen atoms in total. The minimum atomic E-state index is -0.601. The smallest absolute Gasteiger partial charge is 0.134 e. The summed E-state index contributed by atoms with van der Waals surface area (Å²) in [4.78, 5) is 0. The molecule has 0 saturated carbocycles. The Labute approximate surface area is 92.5 Å². The van der Waals surface area contributed by atoms with Gasteiger partial charge in [-0.05, 0) is 30.7 Å². The minimum Gasteiger partial charge on any atom is -0.398 e. The molecule has 16 heavy (non-hydrogen) atoms. The zero-order chi connectivity index (χ0) is 11.7. The van der Waals surface area contributed by atoms with Crippen LogP contribution in [0.4, 0.5) is 14.5 Å². The van der Waals surface area contributed by atoms with E-state index >= 15 is 0 Å². The topological polar surface area (TPSA) is 26.0 Å². The molecular weight excluding hydrogens is 208 g/mol. The first-order valence-electron chi connectivity index (χ1n) is 4.90. The summed E-state index contributed by atoms with van der Waals surface area (Å²) in [5, 5.41) is 0. The van der Waals surface area contributed by atoms with Crippen molar-refractivity contribution in [2.24, 2.45) is 0 Å². The van der Waals surface area contributed by atoms with E-state index in [9.17, 15) is 8.78 Å². The van der Waals surface area contributed by atoms with Gasteiger partial charge in [-0.1, -0.05) is 18.2 Å². The van der Waals surface area contributed by atoms with Crippen molar-refractivity contribution in [1.82, 2.24) is 0 Å². The third kappa shape index (κ3) is 1.76. The summed E-state index contributed by atoms with van der Waals surface area (Å²) in [7, 11) is 0. The second kappa shape index (κ2) is 3.93. The fraction of sp³-hybridized carbons (Fsp3) is 0.0769. The van der Waals surface area contributed by atoms with E-state index in [0.29, 0.717) is 11.3 Å². The first kappa shape index (κ1) is 10.6. The van der Waals surface area contributed by atoms with Gasteiger partial charge in [0.2, 0.25) is 0 Å². The average Bonchev–Trinajstić information content (AvgIpc) is 2.20. The van der Waals surface area contributed by atoms with Crippen molar-refractivity contribution in [3.63, 3.8) is 0 Å². The van der Waals surface area contributed by atoms with Gasteiger partial charge in [-0.2, -0.15) is 0 Å². The Morgan fingerprint density at radius 2 is 1.62 bits per heavy atom. The number of nitrogen functional groups attached to an aromatic ring is 1. The van der Waals surface area contributed by atoms with Gasteiger partial charge >= 0.3 is 0 Å². The molecule has 3 heteroatoms. The van der Waals surface area contributed by atoms with E-state index in [-0.39, 0.29) is 5.56 Å². The second-order valence-corrected chi connectivity index (χ2v) is 3.69. The highest BCUT2D eigenvalue weighted by atomic mass is 19.1. The van der Waals surface area contributed by atoms with Gasteiger partial charge < -0.3 is 5.73 Å². The first-order valence-corrected chi connectivity index (χ1v) is 4.90. The third-order valence-corrected chi connectivity index (χ3v) is 2.44. The lowest BCUT2D eigenvalue weighted by atomic mass is 10.0. The second-order valence-electron chi connectivity index (χ2n) is 3.69. The Morgan fingerprint density at radius 1 is 1.00 bits per heavy atom. The van der Waals surface area contributed by atoms with Crippen molar-refractivity contribution in [1.29, 1.82) is 0 Å². The molecule has 2 rings (SSSR count). The van der Waals surface area contributed by atoms with Crippen LogP contribution in [-0.4, -0.2) is 0 Å². The van der Waals surface area contributed by atoms with Crippen LogP contribution in [0.3, 0.4) is 0 Å². The van der Waals surface area contributed by atoms with E-state index in [1.165, 1.54) is 18.2 Å². The number of halogens is 2. The monoisotopic (exact) mass is 219 g/mol. The van der Waals surface area contributed by atoms with Gasteiger partial charge in [-0.3, -0.25) is 0 Å². The molecule has 0 fully saturated rings. The number of hydrogen-bond donors (Lipinski definition) is 1. The van der Waals surface area contributed by atoms with Crippen LogP contribution in [0.25, 0.3) is 11.1 Å². The zero-order valence-electron chi connectivity index (χ0n) is 8.80. The molecule has 0 aliphatic rings. The van der Waals surface area contributed by atoms with Gasteiger partial charge in [0.05, 0.1) is 5.56 Å². The molecule has 2 N–H and O–H groups in total. The standard InChI is InChI=1S/C13H11F2N/c1-8-5-6-9(12(16)7-8)13-10(14)3-2-4-11(13)15/h2-7H,16H2,1H3. The van der Waals surface area contributed by atoms with Gasteiger partial charge in [0.25, 0.3) is 0 Å². The number of rotatable bonds is 1. The van der Waals surface area contributed by atoms with Crippen LogP contribution >= 0.6 is 0 Å². The largest absolute Gasteiger partial charge is 0.398 e. The lowest BCUT2D eigenvalue weighted by Crippen LogP contribution is -1.95. The van der Waals surface area contributed by atoms with Crippen LogP contribution in [0.2, 0.25) is 0 Å². The fourth-order valence-corrected chi connectivity index (χ4v) is 1.66. The predicted molar refractivity (Wildman–Crippen MR) is 60.9 cm³/mol. The highest BCUT2D eigenvalue weighted by molar-refractivity contribution is 5.77. The van der Waals surface area contributed by atoms with Crippen molar-refractivity contribution in [3.8, 4) is 11.1 Å². The number of anilines is 1. The van der Waals surface area contributed by atoms with E-state index in [1.54, 1.807) is 18.2 Å². The van der Waals surface area contributed by atoms with Gasteiger partial charge in [-0.15, -0.1) is 0 Å². The Hall–Kier alpha value is -1.90. The van der Waals surface area contributed by atoms with Crippen LogP contribution in [0, 0.1) is 18.6 Å². The van der Waals surface area contributed by atoms with E-state index in [2.05, 4.69) is 0 Å². The lowest BCUT2D eigenvalue weighted by Gasteiger charge is -2.08. The van der Waals surface area contributed by atoms with Crippen molar-refractivity contribution < 1.29 is 8.78 Å². The van der Waals surface area contributed by atoms with Crippen LogP contribution in [0.5, 0.6) is 0 Å². The average molecular weight is 219 g/mol. The van der Waals surface area contributed by atoms with E-state index in [0.717, 1.165) is 5.56 Å². The van der Waals surface area contributed by atoms with E-state index < -0.39 is 11.6 Å². The summed E-state index contributed by atoms with van der Waals surface area (Å²) in [6.07, 6.45) is 0. The minimum absolute atomic E-state index is 0.0694. The molecule has 0 bridgehead atoms. The number of hydrogen-bond acceptors (Lipinski definition) is 1. The Bertz CT molecular complexity index is 515. The van der Waals surface area contributed by atoms with Crippen LogP contribution < -0.4 is 5.73 Å². The fourth-order valence-electron chi connectivity index (χ4n) is 1.66. The molecule has 0 aromatic heterocycles. The highest BCUT2D eigenvalue weighted by Crippen LogP contribution is 2.30. The van der Waals surface area contributed by atoms with Crippen molar-refractivity contribution in [2.45, 2.75) is 6.92 Å². The summed E-state index contributed by atoms with van der Waals surface area (Å²) in [5.74, 6) is -1.20. The van der Waals surface area contributed by atoms with E-state index in [1.807, 2.05) is 6.92 Å². The molecule has 2 aromatic carbocycles. The summed E-state index contributed by atoms with van der Waals surface area (Å²) in [5.41, 5.74) is 7.41. The number of aryl methyl sites for hydroxylation is 1. The molecule has 0 amide bonds.